The molecule has 0 saturated heterocycles. The van der Waals surface area contributed by atoms with Gasteiger partial charge in [-0.2, -0.15) is 0 Å². The molecule has 0 spiro atoms. The number of carbonyl (C=O) groups excluding carboxylic acids is 2. The first-order chi connectivity index (χ1) is 12.4. The Morgan fingerprint density at radius 2 is 1.88 bits per heavy atom. The molecule has 2 atom stereocenters. The minimum Gasteiger partial charge on any atom is -0.382 e. The van der Waals surface area contributed by atoms with Crippen LogP contribution in [-0.2, 0) is 14.3 Å². The number of primary amides is 1. The van der Waals surface area contributed by atoms with Crippen LogP contribution < -0.4 is 11.5 Å². The summed E-state index contributed by atoms with van der Waals surface area (Å²) in [6, 6.07) is 0.142. The number of carbonyl (C=O) groups is 2. The van der Waals surface area contributed by atoms with Gasteiger partial charge in [-0.25, -0.2) is 4.99 Å². The van der Waals surface area contributed by atoms with E-state index in [4.69, 9.17) is 20.3 Å². The van der Waals surface area contributed by atoms with Gasteiger partial charge in [0.2, 0.25) is 12.3 Å². The quantitative estimate of drug-likeness (QED) is 0.527. The lowest BCUT2D eigenvalue weighted by Crippen LogP contribution is -2.56. The summed E-state index contributed by atoms with van der Waals surface area (Å²) in [6.45, 7) is 6.20. The van der Waals surface area contributed by atoms with Crippen LogP contribution in [0.25, 0.3) is 0 Å². The molecule has 1 heterocycles. The number of nitrogens with zero attached hydrogens (tertiary/aromatic N) is 2. The van der Waals surface area contributed by atoms with Crippen molar-refractivity contribution in [1.29, 1.82) is 0 Å². The smallest absolute Gasteiger partial charge is 0.231 e. The number of aliphatic imine (C=N–C) groups is 1. The number of rotatable bonds is 7. The summed E-state index contributed by atoms with van der Waals surface area (Å²) in [5.74, 6) is 1.10. The third-order valence-electron chi connectivity index (χ3n) is 5.14. The van der Waals surface area contributed by atoms with E-state index in [-0.39, 0.29) is 30.0 Å². The fourth-order valence-electron chi connectivity index (χ4n) is 3.27. The standard InChI is InChI=1S/C16H29N3O2.C2H2.CH3NO/c1-5-16(6-2)10-14(20)19(15(17)18-16)13(12-7-8-12)9-11(3)21-4;1-2;2-1-3/h11-13H,5-10H2,1-4H3,(H2,17,18);1-2H;1H,(H2,2,3). The predicted octanol–water partition coefficient (Wildman–Crippen LogP) is 1.65. The molecule has 0 bridgehead atoms. The molecule has 0 aromatic rings. The molecular formula is C19H34N4O3. The third kappa shape index (κ3) is 6.34. The highest BCUT2D eigenvalue weighted by Gasteiger charge is 2.44. The molecule has 4 N–H and O–H groups in total. The van der Waals surface area contributed by atoms with Crippen LogP contribution in [-0.4, -0.2) is 48.0 Å². The molecular weight excluding hydrogens is 332 g/mol. The molecule has 0 aromatic carbocycles. The summed E-state index contributed by atoms with van der Waals surface area (Å²) >= 11 is 0. The minimum absolute atomic E-state index is 0.125. The highest BCUT2D eigenvalue weighted by Crippen LogP contribution is 2.40. The van der Waals surface area contributed by atoms with Crippen LogP contribution in [0.4, 0.5) is 0 Å². The molecule has 2 aliphatic rings. The molecule has 0 radical (unpaired) electrons. The highest BCUT2D eigenvalue weighted by molar-refractivity contribution is 5.99. The van der Waals surface area contributed by atoms with Crippen molar-refractivity contribution in [1.82, 2.24) is 4.90 Å². The Hall–Kier alpha value is -2.07. The average molecular weight is 367 g/mol. The van der Waals surface area contributed by atoms with Crippen LogP contribution in [0, 0.1) is 18.8 Å². The van der Waals surface area contributed by atoms with Crippen molar-refractivity contribution in [3.8, 4) is 12.8 Å². The van der Waals surface area contributed by atoms with E-state index in [1.165, 1.54) is 12.8 Å². The van der Waals surface area contributed by atoms with Gasteiger partial charge in [-0.15, -0.1) is 12.8 Å². The summed E-state index contributed by atoms with van der Waals surface area (Å²) in [6.07, 6.45) is 13.7. The first kappa shape index (κ1) is 23.9. The highest BCUT2D eigenvalue weighted by atomic mass is 16.5. The third-order valence-corrected chi connectivity index (χ3v) is 5.14. The molecule has 2 unspecified atom stereocenters. The zero-order chi connectivity index (χ0) is 20.3. The number of guanidine groups is 1. The van der Waals surface area contributed by atoms with Gasteiger partial charge in [0.1, 0.15) is 0 Å². The van der Waals surface area contributed by atoms with Crippen LogP contribution in [0.1, 0.15) is 59.3 Å². The topological polar surface area (TPSA) is 111 Å². The second-order valence-corrected chi connectivity index (χ2v) is 6.66. The second-order valence-electron chi connectivity index (χ2n) is 6.66. The summed E-state index contributed by atoms with van der Waals surface area (Å²) in [4.78, 5) is 27.8. The van der Waals surface area contributed by atoms with Gasteiger partial charge in [0, 0.05) is 13.2 Å². The van der Waals surface area contributed by atoms with Crippen molar-refractivity contribution in [2.45, 2.75) is 77.0 Å². The monoisotopic (exact) mass is 366 g/mol. The maximum absolute atomic E-state index is 12.7. The molecule has 1 saturated carbocycles. The second kappa shape index (κ2) is 11.5. The number of amides is 2. The van der Waals surface area contributed by atoms with Crippen molar-refractivity contribution in [2.24, 2.45) is 22.4 Å². The molecule has 7 nitrogen and oxygen atoms in total. The van der Waals surface area contributed by atoms with Gasteiger partial charge in [-0.05, 0) is 44.9 Å². The van der Waals surface area contributed by atoms with Gasteiger partial charge < -0.3 is 16.2 Å². The Morgan fingerprint density at radius 3 is 2.23 bits per heavy atom. The van der Waals surface area contributed by atoms with E-state index in [1.54, 1.807) is 12.0 Å². The van der Waals surface area contributed by atoms with E-state index >= 15 is 0 Å². The summed E-state index contributed by atoms with van der Waals surface area (Å²) in [5, 5.41) is 0. The van der Waals surface area contributed by atoms with Crippen LogP contribution in [0.5, 0.6) is 0 Å². The average Bonchev–Trinajstić information content (AvgIpc) is 3.47. The maximum Gasteiger partial charge on any atom is 0.231 e. The minimum atomic E-state index is -0.293. The van der Waals surface area contributed by atoms with Gasteiger partial charge in [0.25, 0.3) is 0 Å². The van der Waals surface area contributed by atoms with Gasteiger partial charge in [-0.1, -0.05) is 13.8 Å². The van der Waals surface area contributed by atoms with E-state index in [0.717, 1.165) is 19.3 Å². The van der Waals surface area contributed by atoms with E-state index in [0.29, 0.717) is 18.3 Å². The van der Waals surface area contributed by atoms with Crippen molar-refractivity contribution in [2.75, 3.05) is 7.11 Å². The summed E-state index contributed by atoms with van der Waals surface area (Å²) in [7, 11) is 1.71. The number of ether oxygens (including phenoxy) is 1. The lowest BCUT2D eigenvalue weighted by Gasteiger charge is -2.40. The van der Waals surface area contributed by atoms with E-state index in [9.17, 15) is 4.79 Å². The van der Waals surface area contributed by atoms with E-state index in [1.807, 2.05) is 6.92 Å². The first-order valence-electron chi connectivity index (χ1n) is 9.06. The zero-order valence-electron chi connectivity index (χ0n) is 16.5. The Labute approximate surface area is 157 Å². The van der Waals surface area contributed by atoms with Crippen LogP contribution in [0.2, 0.25) is 0 Å². The summed E-state index contributed by atoms with van der Waals surface area (Å²) < 4.78 is 5.38. The molecule has 1 aliphatic heterocycles. The fourth-order valence-corrected chi connectivity index (χ4v) is 3.27. The molecule has 1 aliphatic carbocycles. The lowest BCUT2D eigenvalue weighted by atomic mass is 9.87. The van der Waals surface area contributed by atoms with Crippen LogP contribution >= 0.6 is 0 Å². The number of methoxy groups -OCH3 is 1. The van der Waals surface area contributed by atoms with Crippen molar-refractivity contribution < 1.29 is 14.3 Å². The molecule has 7 heteroatoms. The van der Waals surface area contributed by atoms with Gasteiger partial charge >= 0.3 is 0 Å². The zero-order valence-corrected chi connectivity index (χ0v) is 16.5. The number of nitrogens with two attached hydrogens (primary N) is 2. The SMILES string of the molecule is C#C.CCC1(CC)CC(=O)N(C(CC(C)OC)C2CC2)C(N)=N1.NC=O. The van der Waals surface area contributed by atoms with Crippen molar-refractivity contribution in [3.05, 3.63) is 0 Å². The molecule has 1 fully saturated rings. The lowest BCUT2D eigenvalue weighted by molar-refractivity contribution is -0.132. The van der Waals surface area contributed by atoms with E-state index in [2.05, 4.69) is 32.4 Å². The molecule has 0 aromatic heterocycles. The Bertz CT molecular complexity index is 496. The van der Waals surface area contributed by atoms with Crippen molar-refractivity contribution in [3.63, 3.8) is 0 Å². The Morgan fingerprint density at radius 1 is 1.38 bits per heavy atom. The first-order valence-corrected chi connectivity index (χ1v) is 9.06. The summed E-state index contributed by atoms with van der Waals surface area (Å²) in [5.41, 5.74) is 10.1. The molecule has 2 rings (SSSR count). The Balaban J connectivity index is 0.00000113. The molecule has 148 valence electrons. The fraction of sp³-hybridized carbons (Fsp3) is 0.737. The van der Waals surface area contributed by atoms with Gasteiger partial charge in [0.15, 0.2) is 5.96 Å². The number of hydrogen-bond acceptors (Lipinski definition) is 5. The maximum atomic E-state index is 12.7. The van der Waals surface area contributed by atoms with Crippen LogP contribution in [0.15, 0.2) is 4.99 Å². The van der Waals surface area contributed by atoms with Gasteiger partial charge in [-0.3, -0.25) is 14.5 Å². The van der Waals surface area contributed by atoms with Crippen molar-refractivity contribution >= 4 is 18.3 Å². The number of terminal acetylenes is 1. The predicted molar refractivity (Wildman–Crippen MR) is 104 cm³/mol. The van der Waals surface area contributed by atoms with Gasteiger partial charge in [0.05, 0.1) is 18.1 Å². The normalized spacial score (nSPS) is 20.5. The van der Waals surface area contributed by atoms with Crippen LogP contribution in [0.3, 0.4) is 0 Å². The molecule has 2 amide bonds. The molecule has 26 heavy (non-hydrogen) atoms. The largest absolute Gasteiger partial charge is 0.382 e. The van der Waals surface area contributed by atoms with E-state index < -0.39 is 0 Å². The number of hydrogen-bond donors (Lipinski definition) is 2. The Kier molecular flexibility index (Phi) is 10.6.